The van der Waals surface area contributed by atoms with Gasteiger partial charge in [0.1, 0.15) is 11.4 Å². The number of piperazine rings is 1. The number of aromatic carboxylic acids is 1. The van der Waals surface area contributed by atoms with Gasteiger partial charge in [-0.2, -0.15) is 0 Å². The van der Waals surface area contributed by atoms with E-state index < -0.39 is 17.2 Å². The Hall–Kier alpha value is -2.41. The van der Waals surface area contributed by atoms with Gasteiger partial charge in [-0.15, -0.1) is 0 Å². The van der Waals surface area contributed by atoms with E-state index in [9.17, 15) is 19.1 Å². The predicted octanol–water partition coefficient (Wildman–Crippen LogP) is 1.58. The number of carboxylic acids is 1. The van der Waals surface area contributed by atoms with Crippen molar-refractivity contribution in [2.45, 2.75) is 18.9 Å². The molecule has 2 heterocycles. The van der Waals surface area contributed by atoms with Gasteiger partial charge in [0.2, 0.25) is 5.43 Å². The minimum absolute atomic E-state index is 0.137. The van der Waals surface area contributed by atoms with Crippen LogP contribution in [0.5, 0.6) is 0 Å². The van der Waals surface area contributed by atoms with E-state index in [-0.39, 0.29) is 17.0 Å². The number of anilines is 1. The van der Waals surface area contributed by atoms with Crippen molar-refractivity contribution in [2.75, 3.05) is 31.1 Å². The summed E-state index contributed by atoms with van der Waals surface area (Å²) >= 11 is 0. The maximum Gasteiger partial charge on any atom is 0.341 e. The first-order valence-electron chi connectivity index (χ1n) is 8.13. The number of nitrogens with zero attached hydrogens (tertiary/aromatic N) is 2. The van der Waals surface area contributed by atoms with Crippen LogP contribution in [0.2, 0.25) is 0 Å². The van der Waals surface area contributed by atoms with Crippen LogP contribution >= 0.6 is 0 Å². The van der Waals surface area contributed by atoms with Crippen LogP contribution in [0.15, 0.2) is 23.1 Å². The second-order valence-electron chi connectivity index (χ2n) is 6.37. The van der Waals surface area contributed by atoms with Gasteiger partial charge in [0.15, 0.2) is 0 Å². The van der Waals surface area contributed by atoms with Gasteiger partial charge < -0.3 is 19.9 Å². The number of nitrogens with one attached hydrogen (secondary N) is 1. The van der Waals surface area contributed by atoms with Crippen molar-refractivity contribution in [3.05, 3.63) is 39.9 Å². The number of carbonyl (C=O) groups is 1. The van der Waals surface area contributed by atoms with Gasteiger partial charge in [-0.25, -0.2) is 9.18 Å². The summed E-state index contributed by atoms with van der Waals surface area (Å²) in [5.41, 5.74) is 0.159. The standard InChI is InChI=1S/C17H18FN3O3/c18-13-7-11-14(8-15(13)20-5-3-19-4-6-20)21(10-1-2-10)9-12(16(11)22)17(23)24/h7-10,19H,1-6H2,(H,23,24)/i3+1,4+1,5+1,6+1. The predicted molar refractivity (Wildman–Crippen MR) is 88.5 cm³/mol. The summed E-state index contributed by atoms with van der Waals surface area (Å²) in [5, 5.41) is 12.6. The van der Waals surface area contributed by atoms with Crippen molar-refractivity contribution >= 4 is 22.6 Å². The minimum Gasteiger partial charge on any atom is -0.477 e. The molecule has 0 spiro atoms. The van der Waals surface area contributed by atoms with Crippen molar-refractivity contribution in [3.63, 3.8) is 0 Å². The maximum atomic E-state index is 14.6. The first-order valence-corrected chi connectivity index (χ1v) is 8.13. The highest BCUT2D eigenvalue weighted by Gasteiger charge is 2.28. The van der Waals surface area contributed by atoms with Crippen molar-refractivity contribution in [1.29, 1.82) is 0 Å². The fourth-order valence-corrected chi connectivity index (χ4v) is 3.31. The van der Waals surface area contributed by atoms with Crippen LogP contribution in [0.4, 0.5) is 10.1 Å². The largest absolute Gasteiger partial charge is 0.477 e. The van der Waals surface area contributed by atoms with Gasteiger partial charge in [0.05, 0.1) is 11.2 Å². The number of hydrogen-bond donors (Lipinski definition) is 2. The molecule has 2 fully saturated rings. The highest BCUT2D eigenvalue weighted by atomic mass is 19.1. The fourth-order valence-electron chi connectivity index (χ4n) is 3.31. The van der Waals surface area contributed by atoms with E-state index in [0.29, 0.717) is 24.3 Å². The molecule has 1 aromatic heterocycles. The Kier molecular flexibility index (Phi) is 3.53. The van der Waals surface area contributed by atoms with Crippen LogP contribution in [-0.4, -0.2) is 41.8 Å². The molecule has 1 saturated heterocycles. The van der Waals surface area contributed by atoms with Crippen LogP contribution in [0.3, 0.4) is 0 Å². The number of hydrogen-bond acceptors (Lipinski definition) is 4. The molecule has 0 unspecified atom stereocenters. The average Bonchev–Trinajstić information content (AvgIpc) is 3.40. The van der Waals surface area contributed by atoms with E-state index in [1.165, 1.54) is 12.3 Å². The number of aromatic nitrogens is 1. The van der Waals surface area contributed by atoms with E-state index in [2.05, 4.69) is 5.32 Å². The summed E-state index contributed by atoms with van der Waals surface area (Å²) in [5.74, 6) is -1.76. The molecular formula is C17H18FN3O3. The molecule has 126 valence electrons. The lowest BCUT2D eigenvalue weighted by molar-refractivity contribution is 0.0695. The van der Waals surface area contributed by atoms with E-state index in [0.717, 1.165) is 25.9 Å². The van der Waals surface area contributed by atoms with E-state index >= 15 is 0 Å². The van der Waals surface area contributed by atoms with Crippen molar-refractivity contribution < 1.29 is 14.3 Å². The second kappa shape index (κ2) is 5.59. The van der Waals surface area contributed by atoms with Gasteiger partial charge in [0, 0.05) is 43.8 Å². The Balaban J connectivity index is 1.95. The number of halogens is 1. The molecule has 0 amide bonds. The molecule has 2 aliphatic rings. The van der Waals surface area contributed by atoms with Crippen molar-refractivity contribution in [3.8, 4) is 0 Å². The zero-order valence-corrected chi connectivity index (χ0v) is 13.1. The molecule has 2 N–H and O–H groups in total. The van der Waals surface area contributed by atoms with Gasteiger partial charge >= 0.3 is 5.97 Å². The highest BCUT2D eigenvalue weighted by molar-refractivity contribution is 5.93. The van der Waals surface area contributed by atoms with E-state index in [4.69, 9.17) is 0 Å². The summed E-state index contributed by atoms with van der Waals surface area (Å²) in [6.07, 6.45) is 3.29. The molecular weight excluding hydrogens is 317 g/mol. The second-order valence-corrected chi connectivity index (χ2v) is 6.37. The van der Waals surface area contributed by atoms with E-state index in [1.807, 2.05) is 9.47 Å². The monoisotopic (exact) mass is 335 g/mol. The summed E-state index contributed by atoms with van der Waals surface area (Å²) in [4.78, 5) is 25.7. The number of benzene rings is 1. The number of pyridine rings is 1. The SMILES string of the molecule is O=C(O)c1cn(C2CC2)c2cc(N3[13CH2][13CH2]N[13CH2][13CH2]3)c(F)cc2c1=O. The molecule has 0 atom stereocenters. The summed E-state index contributed by atoms with van der Waals surface area (Å²) in [6.45, 7) is 2.96. The average molecular weight is 335 g/mol. The summed E-state index contributed by atoms with van der Waals surface area (Å²) < 4.78 is 16.4. The highest BCUT2D eigenvalue weighted by Crippen LogP contribution is 2.38. The first-order chi connectivity index (χ1) is 11.6. The Morgan fingerprint density at radius 1 is 1.25 bits per heavy atom. The van der Waals surface area contributed by atoms with Crippen molar-refractivity contribution in [1.82, 2.24) is 9.88 Å². The van der Waals surface area contributed by atoms with Gasteiger partial charge in [-0.05, 0) is 25.0 Å². The van der Waals surface area contributed by atoms with Gasteiger partial charge in [-0.3, -0.25) is 4.79 Å². The third-order valence-electron chi connectivity index (χ3n) is 4.73. The van der Waals surface area contributed by atoms with Gasteiger partial charge in [-0.1, -0.05) is 0 Å². The summed E-state index contributed by atoms with van der Waals surface area (Å²) in [6, 6.07) is 3.08. The Morgan fingerprint density at radius 3 is 2.58 bits per heavy atom. The van der Waals surface area contributed by atoms with Crippen LogP contribution in [0.1, 0.15) is 29.2 Å². The van der Waals surface area contributed by atoms with Gasteiger partial charge in [0.25, 0.3) is 0 Å². The Labute approximate surface area is 137 Å². The lowest BCUT2D eigenvalue weighted by Crippen LogP contribution is -2.43. The molecule has 0 bridgehead atoms. The molecule has 1 aliphatic heterocycles. The fraction of sp³-hybridized carbons (Fsp3) is 0.412. The molecule has 1 aromatic carbocycles. The minimum atomic E-state index is -1.28. The van der Waals surface area contributed by atoms with Crippen LogP contribution in [0.25, 0.3) is 10.9 Å². The smallest absolute Gasteiger partial charge is 0.341 e. The third kappa shape index (κ3) is 2.45. The number of rotatable bonds is 3. The third-order valence-corrected chi connectivity index (χ3v) is 4.73. The molecule has 2 aromatic rings. The Morgan fingerprint density at radius 2 is 1.96 bits per heavy atom. The zero-order chi connectivity index (χ0) is 16.8. The number of carboxylic acid groups (broad SMARTS) is 1. The lowest BCUT2D eigenvalue weighted by atomic mass is 10.1. The normalized spacial score (nSPS) is 18.1. The molecule has 1 aliphatic carbocycles. The summed E-state index contributed by atoms with van der Waals surface area (Å²) in [7, 11) is 0. The topological polar surface area (TPSA) is 74.6 Å². The Bertz CT molecular complexity index is 883. The molecule has 7 heteroatoms. The maximum absolute atomic E-state index is 14.6. The molecule has 0 radical (unpaired) electrons. The van der Waals surface area contributed by atoms with E-state index in [1.54, 1.807) is 6.07 Å². The lowest BCUT2D eigenvalue weighted by Gasteiger charge is -2.30. The van der Waals surface area contributed by atoms with Crippen LogP contribution in [-0.2, 0) is 0 Å². The van der Waals surface area contributed by atoms with Crippen LogP contribution < -0.4 is 15.6 Å². The zero-order valence-electron chi connectivity index (χ0n) is 13.1. The number of fused-ring (bicyclic) bond motifs is 1. The molecule has 24 heavy (non-hydrogen) atoms. The molecule has 4 rings (SSSR count). The quantitative estimate of drug-likeness (QED) is 0.833. The van der Waals surface area contributed by atoms with Crippen molar-refractivity contribution in [2.24, 2.45) is 0 Å². The van der Waals surface area contributed by atoms with Crippen LogP contribution in [0, 0.1) is 5.82 Å². The molecule has 1 saturated carbocycles. The molecule has 6 nitrogen and oxygen atoms in total. The first kappa shape index (κ1) is 15.1.